The maximum atomic E-state index is 11.2. The zero-order chi connectivity index (χ0) is 8.55. The SMILES string of the molecule is CNC(=O)c1n[nH]c2c1CCC2. The second kappa shape index (κ2) is 2.62. The molecular formula is C8H11N3O. The van der Waals surface area contributed by atoms with Gasteiger partial charge >= 0.3 is 0 Å². The van der Waals surface area contributed by atoms with Gasteiger partial charge in [0, 0.05) is 18.3 Å². The number of aromatic amines is 1. The van der Waals surface area contributed by atoms with Crippen molar-refractivity contribution >= 4 is 5.91 Å². The number of nitrogens with zero attached hydrogens (tertiary/aromatic N) is 1. The van der Waals surface area contributed by atoms with Gasteiger partial charge < -0.3 is 5.32 Å². The highest BCUT2D eigenvalue weighted by molar-refractivity contribution is 5.93. The van der Waals surface area contributed by atoms with Gasteiger partial charge in [0.05, 0.1) is 0 Å². The summed E-state index contributed by atoms with van der Waals surface area (Å²) in [4.78, 5) is 11.2. The molecule has 1 heterocycles. The van der Waals surface area contributed by atoms with E-state index < -0.39 is 0 Å². The van der Waals surface area contributed by atoms with Crippen molar-refractivity contribution in [1.29, 1.82) is 0 Å². The van der Waals surface area contributed by atoms with Crippen molar-refractivity contribution < 1.29 is 4.79 Å². The number of hydrogen-bond donors (Lipinski definition) is 2. The molecule has 4 nitrogen and oxygen atoms in total. The summed E-state index contributed by atoms with van der Waals surface area (Å²) in [5, 5.41) is 9.44. The van der Waals surface area contributed by atoms with Gasteiger partial charge in [-0.3, -0.25) is 9.89 Å². The Hall–Kier alpha value is -1.32. The molecule has 0 fully saturated rings. The highest BCUT2D eigenvalue weighted by Crippen LogP contribution is 2.22. The molecule has 1 aromatic heterocycles. The fourth-order valence-corrected chi connectivity index (χ4v) is 1.63. The van der Waals surface area contributed by atoms with Crippen LogP contribution in [0.25, 0.3) is 0 Å². The van der Waals surface area contributed by atoms with Crippen LogP contribution in [0.1, 0.15) is 28.2 Å². The van der Waals surface area contributed by atoms with Gasteiger partial charge in [-0.25, -0.2) is 0 Å². The lowest BCUT2D eigenvalue weighted by Crippen LogP contribution is -2.19. The van der Waals surface area contributed by atoms with Crippen LogP contribution < -0.4 is 5.32 Å². The predicted molar refractivity (Wildman–Crippen MR) is 44.0 cm³/mol. The quantitative estimate of drug-likeness (QED) is 0.627. The lowest BCUT2D eigenvalue weighted by atomic mass is 10.2. The first kappa shape index (κ1) is 7.34. The molecule has 0 saturated carbocycles. The second-order valence-corrected chi connectivity index (χ2v) is 2.96. The van der Waals surface area contributed by atoms with Gasteiger partial charge in [0.1, 0.15) is 0 Å². The Labute approximate surface area is 70.4 Å². The van der Waals surface area contributed by atoms with Crippen molar-refractivity contribution in [3.05, 3.63) is 17.0 Å². The van der Waals surface area contributed by atoms with Gasteiger partial charge in [0.2, 0.25) is 0 Å². The molecule has 0 saturated heterocycles. The van der Waals surface area contributed by atoms with Crippen LogP contribution in [0, 0.1) is 0 Å². The highest BCUT2D eigenvalue weighted by atomic mass is 16.1. The molecule has 1 aliphatic carbocycles. The molecule has 1 aliphatic rings. The van der Waals surface area contributed by atoms with Gasteiger partial charge in [0.15, 0.2) is 5.69 Å². The van der Waals surface area contributed by atoms with Crippen LogP contribution in [0.15, 0.2) is 0 Å². The second-order valence-electron chi connectivity index (χ2n) is 2.96. The number of aromatic nitrogens is 2. The smallest absolute Gasteiger partial charge is 0.271 e. The van der Waals surface area contributed by atoms with E-state index in [9.17, 15) is 4.79 Å². The minimum atomic E-state index is -0.0885. The third-order valence-corrected chi connectivity index (χ3v) is 2.25. The van der Waals surface area contributed by atoms with Crippen molar-refractivity contribution in [1.82, 2.24) is 15.5 Å². The maximum Gasteiger partial charge on any atom is 0.271 e. The lowest BCUT2D eigenvalue weighted by Gasteiger charge is -1.95. The first-order chi connectivity index (χ1) is 5.83. The third kappa shape index (κ3) is 0.913. The molecule has 0 radical (unpaired) electrons. The van der Waals surface area contributed by atoms with E-state index in [4.69, 9.17) is 0 Å². The summed E-state index contributed by atoms with van der Waals surface area (Å²) in [5.41, 5.74) is 2.81. The number of nitrogens with one attached hydrogen (secondary N) is 2. The Kier molecular flexibility index (Phi) is 1.60. The molecule has 1 aromatic rings. The van der Waals surface area contributed by atoms with Gasteiger partial charge in [-0.05, 0) is 19.3 Å². The molecule has 2 N–H and O–H groups in total. The number of amides is 1. The normalized spacial score (nSPS) is 14.4. The van der Waals surface area contributed by atoms with E-state index in [2.05, 4.69) is 15.5 Å². The molecular weight excluding hydrogens is 154 g/mol. The summed E-state index contributed by atoms with van der Waals surface area (Å²) in [6.45, 7) is 0. The zero-order valence-electron chi connectivity index (χ0n) is 6.98. The van der Waals surface area contributed by atoms with Crippen LogP contribution in [-0.2, 0) is 12.8 Å². The Balaban J connectivity index is 2.39. The molecule has 0 atom stereocenters. The standard InChI is InChI=1S/C8H11N3O/c1-9-8(12)7-5-3-2-4-6(5)10-11-7/h2-4H2,1H3,(H,9,12)(H,10,11). The molecule has 2 rings (SSSR count). The van der Waals surface area contributed by atoms with Gasteiger partial charge in [-0.1, -0.05) is 0 Å². The van der Waals surface area contributed by atoms with Crippen molar-refractivity contribution in [2.24, 2.45) is 0 Å². The molecule has 1 amide bonds. The van der Waals surface area contributed by atoms with Crippen LogP contribution in [0.2, 0.25) is 0 Å². The minimum Gasteiger partial charge on any atom is -0.354 e. The predicted octanol–water partition coefficient (Wildman–Crippen LogP) is 0.258. The van der Waals surface area contributed by atoms with Gasteiger partial charge in [-0.2, -0.15) is 5.10 Å². The van der Waals surface area contributed by atoms with Crippen molar-refractivity contribution in [3.63, 3.8) is 0 Å². The summed E-state index contributed by atoms with van der Waals surface area (Å²) in [6.07, 6.45) is 3.14. The fraction of sp³-hybridized carbons (Fsp3) is 0.500. The van der Waals surface area contributed by atoms with Crippen LogP contribution in [0.3, 0.4) is 0 Å². The van der Waals surface area contributed by atoms with Gasteiger partial charge in [-0.15, -0.1) is 0 Å². The molecule has 0 bridgehead atoms. The fourth-order valence-electron chi connectivity index (χ4n) is 1.63. The number of H-pyrrole nitrogens is 1. The monoisotopic (exact) mass is 165 g/mol. The van der Waals surface area contributed by atoms with E-state index in [0.29, 0.717) is 5.69 Å². The average Bonchev–Trinajstić information content (AvgIpc) is 2.62. The maximum absolute atomic E-state index is 11.2. The first-order valence-corrected chi connectivity index (χ1v) is 4.11. The van der Waals surface area contributed by atoms with Crippen LogP contribution in [0.4, 0.5) is 0 Å². The number of fused-ring (bicyclic) bond motifs is 1. The van der Waals surface area contributed by atoms with Crippen LogP contribution in [0.5, 0.6) is 0 Å². The van der Waals surface area contributed by atoms with E-state index in [0.717, 1.165) is 30.5 Å². The number of rotatable bonds is 1. The van der Waals surface area contributed by atoms with E-state index in [1.54, 1.807) is 7.05 Å². The Morgan fingerprint density at radius 3 is 3.17 bits per heavy atom. The summed E-state index contributed by atoms with van der Waals surface area (Å²) in [5.74, 6) is -0.0885. The molecule has 12 heavy (non-hydrogen) atoms. The Bertz CT molecular complexity index is 316. The zero-order valence-corrected chi connectivity index (χ0v) is 6.98. The summed E-state index contributed by atoms with van der Waals surface area (Å²) >= 11 is 0. The molecule has 4 heteroatoms. The largest absolute Gasteiger partial charge is 0.354 e. The molecule has 0 aliphatic heterocycles. The van der Waals surface area contributed by atoms with Crippen LogP contribution >= 0.6 is 0 Å². The first-order valence-electron chi connectivity index (χ1n) is 4.11. The summed E-state index contributed by atoms with van der Waals surface area (Å²) in [7, 11) is 1.62. The average molecular weight is 165 g/mol. The summed E-state index contributed by atoms with van der Waals surface area (Å²) < 4.78 is 0. The number of aryl methyl sites for hydroxylation is 1. The summed E-state index contributed by atoms with van der Waals surface area (Å²) in [6, 6.07) is 0. The molecule has 0 spiro atoms. The van der Waals surface area contributed by atoms with E-state index in [1.807, 2.05) is 0 Å². The van der Waals surface area contributed by atoms with Crippen LogP contribution in [-0.4, -0.2) is 23.2 Å². The number of hydrogen-bond acceptors (Lipinski definition) is 2. The number of carbonyl (C=O) groups is 1. The van der Waals surface area contributed by atoms with E-state index in [1.165, 1.54) is 0 Å². The Morgan fingerprint density at radius 1 is 1.58 bits per heavy atom. The van der Waals surface area contributed by atoms with Crippen molar-refractivity contribution in [3.8, 4) is 0 Å². The molecule has 0 unspecified atom stereocenters. The Morgan fingerprint density at radius 2 is 2.42 bits per heavy atom. The molecule has 64 valence electrons. The van der Waals surface area contributed by atoms with Gasteiger partial charge in [0.25, 0.3) is 5.91 Å². The van der Waals surface area contributed by atoms with Crippen molar-refractivity contribution in [2.45, 2.75) is 19.3 Å². The topological polar surface area (TPSA) is 57.8 Å². The minimum absolute atomic E-state index is 0.0885. The van der Waals surface area contributed by atoms with E-state index in [-0.39, 0.29) is 5.91 Å². The van der Waals surface area contributed by atoms with E-state index >= 15 is 0 Å². The number of carbonyl (C=O) groups excluding carboxylic acids is 1. The lowest BCUT2D eigenvalue weighted by molar-refractivity contribution is 0.0957. The molecule has 0 aromatic carbocycles. The van der Waals surface area contributed by atoms with Crippen molar-refractivity contribution in [2.75, 3.05) is 7.05 Å². The third-order valence-electron chi connectivity index (χ3n) is 2.25. The highest BCUT2D eigenvalue weighted by Gasteiger charge is 2.21.